The second-order valence-electron chi connectivity index (χ2n) is 10.6. The minimum Gasteiger partial charge on any atom is -0.333 e. The number of amides is 1. The molecule has 0 heterocycles. The van der Waals surface area contributed by atoms with Crippen LogP contribution in [0.2, 0.25) is 5.02 Å². The maximum absolute atomic E-state index is 13.8. The second-order valence-corrected chi connectivity index (χ2v) is 11.1. The molecule has 1 amide bonds. The Labute approximate surface area is 242 Å². The van der Waals surface area contributed by atoms with Crippen molar-refractivity contribution >= 4 is 17.5 Å². The van der Waals surface area contributed by atoms with Crippen molar-refractivity contribution in [1.29, 1.82) is 0 Å². The van der Waals surface area contributed by atoms with Gasteiger partial charge in [-0.3, -0.25) is 4.79 Å². The first kappa shape index (κ1) is 30.9. The van der Waals surface area contributed by atoms with Crippen LogP contribution in [-0.4, -0.2) is 41.9 Å². The van der Waals surface area contributed by atoms with Gasteiger partial charge in [0.25, 0.3) is 5.91 Å². The van der Waals surface area contributed by atoms with Crippen LogP contribution >= 0.6 is 11.6 Å². The van der Waals surface area contributed by atoms with Crippen molar-refractivity contribution in [1.82, 2.24) is 9.80 Å². The highest BCUT2D eigenvalue weighted by atomic mass is 35.5. The summed E-state index contributed by atoms with van der Waals surface area (Å²) in [4.78, 5) is 18.3. The maximum atomic E-state index is 13.8. The molecule has 0 atom stereocenters. The number of nitrogens with zero attached hydrogens (tertiary/aromatic N) is 2. The SMILES string of the molecule is CCCCCc1ccc(C(=O)N(CCN(CCCC)CCCC)Cc2ccc(-c3ccc(Cl)cc3)cc2)cc1. The van der Waals surface area contributed by atoms with E-state index in [1.165, 1.54) is 50.5 Å². The number of rotatable bonds is 17. The van der Waals surface area contributed by atoms with E-state index in [-0.39, 0.29) is 5.91 Å². The van der Waals surface area contributed by atoms with Crippen LogP contribution in [0.1, 0.15) is 87.2 Å². The highest BCUT2D eigenvalue weighted by Crippen LogP contribution is 2.23. The third kappa shape index (κ3) is 10.5. The van der Waals surface area contributed by atoms with Crippen molar-refractivity contribution in [2.24, 2.45) is 0 Å². The number of unbranched alkanes of at least 4 members (excludes halogenated alkanes) is 4. The summed E-state index contributed by atoms with van der Waals surface area (Å²) >= 11 is 6.07. The maximum Gasteiger partial charge on any atom is 0.254 e. The molecule has 39 heavy (non-hydrogen) atoms. The highest BCUT2D eigenvalue weighted by molar-refractivity contribution is 6.30. The normalized spacial score (nSPS) is 11.2. The summed E-state index contributed by atoms with van der Waals surface area (Å²) in [7, 11) is 0. The van der Waals surface area contributed by atoms with E-state index < -0.39 is 0 Å². The fourth-order valence-electron chi connectivity index (χ4n) is 4.85. The highest BCUT2D eigenvalue weighted by Gasteiger charge is 2.18. The number of carbonyl (C=O) groups is 1. The van der Waals surface area contributed by atoms with Crippen molar-refractivity contribution in [2.75, 3.05) is 26.2 Å². The fourth-order valence-corrected chi connectivity index (χ4v) is 4.98. The molecule has 3 nitrogen and oxygen atoms in total. The van der Waals surface area contributed by atoms with Gasteiger partial charge in [-0.2, -0.15) is 0 Å². The molecular formula is C35H47ClN2O. The molecule has 0 aliphatic heterocycles. The van der Waals surface area contributed by atoms with Gasteiger partial charge in [0.15, 0.2) is 0 Å². The Bertz CT molecular complexity index is 1080. The van der Waals surface area contributed by atoms with Crippen molar-refractivity contribution in [3.63, 3.8) is 0 Å². The topological polar surface area (TPSA) is 23.6 Å². The average Bonchev–Trinajstić information content (AvgIpc) is 2.97. The molecule has 0 radical (unpaired) electrons. The molecule has 4 heteroatoms. The van der Waals surface area contributed by atoms with Crippen LogP contribution in [0.4, 0.5) is 0 Å². The molecular weight excluding hydrogens is 500 g/mol. The Hall–Kier alpha value is -2.62. The molecule has 0 fully saturated rings. The van der Waals surface area contributed by atoms with E-state index in [4.69, 9.17) is 11.6 Å². The summed E-state index contributed by atoms with van der Waals surface area (Å²) in [5.74, 6) is 0.114. The zero-order chi connectivity index (χ0) is 27.9. The Balaban J connectivity index is 1.75. The molecule has 210 valence electrons. The average molecular weight is 547 g/mol. The van der Waals surface area contributed by atoms with Gasteiger partial charge >= 0.3 is 0 Å². The van der Waals surface area contributed by atoms with E-state index in [2.05, 4.69) is 62.1 Å². The largest absolute Gasteiger partial charge is 0.333 e. The molecule has 0 aromatic heterocycles. The lowest BCUT2D eigenvalue weighted by Crippen LogP contribution is -2.39. The number of hydrogen-bond acceptors (Lipinski definition) is 2. The molecule has 0 N–H and O–H groups in total. The summed E-state index contributed by atoms with van der Waals surface area (Å²) in [5.41, 5.74) is 5.53. The first-order valence-electron chi connectivity index (χ1n) is 15.0. The number of carbonyl (C=O) groups excluding carboxylic acids is 1. The van der Waals surface area contributed by atoms with Gasteiger partial charge in [-0.25, -0.2) is 0 Å². The van der Waals surface area contributed by atoms with Gasteiger partial charge in [0.05, 0.1) is 0 Å². The minimum atomic E-state index is 0.114. The first-order valence-corrected chi connectivity index (χ1v) is 15.4. The molecule has 0 unspecified atom stereocenters. The zero-order valence-corrected chi connectivity index (χ0v) is 25.1. The molecule has 3 aromatic rings. The van der Waals surface area contributed by atoms with Crippen molar-refractivity contribution in [3.05, 3.63) is 94.5 Å². The summed E-state index contributed by atoms with van der Waals surface area (Å²) in [6.07, 6.45) is 9.53. The Morgan fingerprint density at radius 2 is 1.15 bits per heavy atom. The van der Waals surface area contributed by atoms with Gasteiger partial charge in [0, 0.05) is 30.2 Å². The second kappa shape index (κ2) is 17.2. The van der Waals surface area contributed by atoms with E-state index in [9.17, 15) is 4.79 Å². The van der Waals surface area contributed by atoms with E-state index in [0.29, 0.717) is 6.54 Å². The lowest BCUT2D eigenvalue weighted by atomic mass is 10.0. The van der Waals surface area contributed by atoms with Crippen LogP contribution in [0.3, 0.4) is 0 Å². The standard InChI is InChI=1S/C35H47ClN2O/c1-4-7-10-11-29-12-18-33(19-13-29)35(39)38(27-26-37(24-8-5-2)25-9-6-3)28-30-14-16-31(17-15-30)32-20-22-34(36)23-21-32/h12-23H,4-11,24-28H2,1-3H3. The summed E-state index contributed by atoms with van der Waals surface area (Å²) in [6.45, 7) is 11.1. The third-order valence-electron chi connectivity index (χ3n) is 7.40. The van der Waals surface area contributed by atoms with Gasteiger partial charge in [-0.1, -0.05) is 107 Å². The number of halogens is 1. The third-order valence-corrected chi connectivity index (χ3v) is 7.66. The van der Waals surface area contributed by atoms with E-state index in [1.54, 1.807) is 0 Å². The summed E-state index contributed by atoms with van der Waals surface area (Å²) in [6, 6.07) is 24.8. The van der Waals surface area contributed by atoms with Crippen molar-refractivity contribution in [2.45, 2.75) is 78.7 Å². The predicted molar refractivity (Wildman–Crippen MR) is 168 cm³/mol. The molecule has 0 bridgehead atoms. The smallest absolute Gasteiger partial charge is 0.254 e. The zero-order valence-electron chi connectivity index (χ0n) is 24.3. The van der Waals surface area contributed by atoms with Gasteiger partial charge in [-0.15, -0.1) is 0 Å². The molecule has 0 saturated carbocycles. The molecule has 0 aliphatic rings. The molecule has 3 rings (SSSR count). The van der Waals surface area contributed by atoms with Crippen LogP contribution in [0, 0.1) is 0 Å². The van der Waals surface area contributed by atoms with Gasteiger partial charge in [0.2, 0.25) is 0 Å². The Morgan fingerprint density at radius 1 is 0.615 bits per heavy atom. The Morgan fingerprint density at radius 3 is 1.72 bits per heavy atom. The van der Waals surface area contributed by atoms with Crippen molar-refractivity contribution in [3.8, 4) is 11.1 Å². The van der Waals surface area contributed by atoms with Crippen LogP contribution in [0.15, 0.2) is 72.8 Å². The predicted octanol–water partition coefficient (Wildman–Crippen LogP) is 9.28. The summed E-state index contributed by atoms with van der Waals surface area (Å²) in [5, 5.41) is 0.741. The van der Waals surface area contributed by atoms with Gasteiger partial charge in [-0.05, 0) is 85.3 Å². The van der Waals surface area contributed by atoms with Crippen LogP contribution in [0.5, 0.6) is 0 Å². The lowest BCUT2D eigenvalue weighted by molar-refractivity contribution is 0.0720. The first-order chi connectivity index (χ1) is 19.0. The van der Waals surface area contributed by atoms with E-state index in [0.717, 1.165) is 59.9 Å². The lowest BCUT2D eigenvalue weighted by Gasteiger charge is -2.28. The van der Waals surface area contributed by atoms with E-state index >= 15 is 0 Å². The van der Waals surface area contributed by atoms with Crippen LogP contribution < -0.4 is 0 Å². The molecule has 0 saturated heterocycles. The monoisotopic (exact) mass is 546 g/mol. The number of benzene rings is 3. The molecule has 0 spiro atoms. The van der Waals surface area contributed by atoms with E-state index in [1.807, 2.05) is 41.3 Å². The number of hydrogen-bond donors (Lipinski definition) is 0. The number of aryl methyl sites for hydroxylation is 1. The summed E-state index contributed by atoms with van der Waals surface area (Å²) < 4.78 is 0. The fraction of sp³-hybridized carbons (Fsp3) is 0.457. The van der Waals surface area contributed by atoms with Gasteiger partial charge < -0.3 is 9.80 Å². The molecule has 3 aromatic carbocycles. The quantitative estimate of drug-likeness (QED) is 0.157. The van der Waals surface area contributed by atoms with Crippen LogP contribution in [-0.2, 0) is 13.0 Å². The van der Waals surface area contributed by atoms with Crippen molar-refractivity contribution < 1.29 is 4.79 Å². The Kier molecular flexibility index (Phi) is 13.6. The van der Waals surface area contributed by atoms with Crippen LogP contribution in [0.25, 0.3) is 11.1 Å². The van der Waals surface area contributed by atoms with Gasteiger partial charge in [0.1, 0.15) is 0 Å². The minimum absolute atomic E-state index is 0.114. The molecule has 0 aliphatic carbocycles.